The zero-order chi connectivity index (χ0) is 14.1. The molecule has 2 atom stereocenters. The van der Waals surface area contributed by atoms with E-state index >= 15 is 0 Å². The van der Waals surface area contributed by atoms with Gasteiger partial charge in [-0.3, -0.25) is 0 Å². The zero-order valence-electron chi connectivity index (χ0n) is 11.6. The standard InChI is InChI=1S/C15H21N3O2/c16-13-7-12(15(19)20)8-17-14(13)18-6-5-10-3-1-2-4-11(10)9-18/h7-8,10-11H,1-6,9,16H2,(H,19,20). The van der Waals surface area contributed by atoms with Crippen molar-refractivity contribution in [3.8, 4) is 0 Å². The molecule has 1 aromatic rings. The van der Waals surface area contributed by atoms with Crippen LogP contribution >= 0.6 is 0 Å². The molecule has 1 aliphatic carbocycles. The molecule has 0 amide bonds. The highest BCUT2D eigenvalue weighted by Gasteiger charge is 2.32. The lowest BCUT2D eigenvalue weighted by atomic mass is 9.75. The first-order valence-corrected chi connectivity index (χ1v) is 7.39. The minimum absolute atomic E-state index is 0.152. The molecular weight excluding hydrogens is 254 g/mol. The van der Waals surface area contributed by atoms with Crippen molar-refractivity contribution < 1.29 is 9.90 Å². The number of hydrogen-bond acceptors (Lipinski definition) is 4. The lowest BCUT2D eigenvalue weighted by Crippen LogP contribution is -2.42. The third kappa shape index (κ3) is 2.44. The Morgan fingerprint density at radius 2 is 2.05 bits per heavy atom. The molecule has 5 nitrogen and oxygen atoms in total. The second kappa shape index (κ2) is 5.31. The van der Waals surface area contributed by atoms with Crippen molar-refractivity contribution in [1.29, 1.82) is 0 Å². The number of carboxylic acid groups (broad SMARTS) is 1. The molecule has 3 rings (SSSR count). The first-order chi connectivity index (χ1) is 9.65. The average molecular weight is 275 g/mol. The van der Waals surface area contributed by atoms with Gasteiger partial charge in [-0.05, 0) is 30.7 Å². The van der Waals surface area contributed by atoms with Gasteiger partial charge in [-0.1, -0.05) is 19.3 Å². The molecule has 1 aliphatic heterocycles. The molecule has 2 fully saturated rings. The minimum Gasteiger partial charge on any atom is -0.478 e. The van der Waals surface area contributed by atoms with Gasteiger partial charge in [-0.2, -0.15) is 0 Å². The molecule has 2 aliphatic rings. The molecular formula is C15H21N3O2. The molecule has 3 N–H and O–H groups in total. The van der Waals surface area contributed by atoms with Gasteiger partial charge in [0, 0.05) is 19.3 Å². The fraction of sp³-hybridized carbons (Fsp3) is 0.600. The van der Waals surface area contributed by atoms with Gasteiger partial charge in [-0.25, -0.2) is 9.78 Å². The van der Waals surface area contributed by atoms with Gasteiger partial charge in [0.15, 0.2) is 5.82 Å². The highest BCUT2D eigenvalue weighted by Crippen LogP contribution is 2.38. The molecule has 1 aromatic heterocycles. The van der Waals surface area contributed by atoms with Gasteiger partial charge < -0.3 is 15.7 Å². The van der Waals surface area contributed by atoms with Crippen LogP contribution in [-0.4, -0.2) is 29.1 Å². The van der Waals surface area contributed by atoms with E-state index in [1.807, 2.05) is 0 Å². The minimum atomic E-state index is -0.985. The van der Waals surface area contributed by atoms with E-state index in [2.05, 4.69) is 9.88 Å². The van der Waals surface area contributed by atoms with E-state index in [-0.39, 0.29) is 5.56 Å². The zero-order valence-corrected chi connectivity index (χ0v) is 11.6. The van der Waals surface area contributed by atoms with E-state index in [0.29, 0.717) is 5.69 Å². The Bertz CT molecular complexity index is 518. The summed E-state index contributed by atoms with van der Waals surface area (Å²) < 4.78 is 0. The number of anilines is 2. The summed E-state index contributed by atoms with van der Waals surface area (Å²) in [6.07, 6.45) is 7.96. The van der Waals surface area contributed by atoms with Gasteiger partial charge in [0.25, 0.3) is 0 Å². The van der Waals surface area contributed by atoms with Gasteiger partial charge in [0.05, 0.1) is 11.3 Å². The van der Waals surface area contributed by atoms with Crippen molar-refractivity contribution in [2.24, 2.45) is 11.8 Å². The number of nitrogens with two attached hydrogens (primary N) is 1. The molecule has 1 saturated carbocycles. The summed E-state index contributed by atoms with van der Waals surface area (Å²) in [5.74, 6) is 1.37. The molecule has 0 aromatic carbocycles. The van der Waals surface area contributed by atoms with Gasteiger partial charge in [0.2, 0.25) is 0 Å². The summed E-state index contributed by atoms with van der Waals surface area (Å²) in [4.78, 5) is 17.4. The number of carboxylic acids is 1. The number of piperidine rings is 1. The van der Waals surface area contributed by atoms with Crippen molar-refractivity contribution >= 4 is 17.5 Å². The van der Waals surface area contributed by atoms with Crippen LogP contribution < -0.4 is 10.6 Å². The number of nitrogen functional groups attached to an aromatic ring is 1. The second-order valence-electron chi connectivity index (χ2n) is 5.98. The van der Waals surface area contributed by atoms with Crippen LogP contribution in [0.25, 0.3) is 0 Å². The summed E-state index contributed by atoms with van der Waals surface area (Å²) in [5, 5.41) is 8.96. The normalized spacial score (nSPS) is 26.1. The third-order valence-corrected chi connectivity index (χ3v) is 4.73. The summed E-state index contributed by atoms with van der Waals surface area (Å²) >= 11 is 0. The van der Waals surface area contributed by atoms with Crippen molar-refractivity contribution in [1.82, 2.24) is 4.98 Å². The first-order valence-electron chi connectivity index (χ1n) is 7.39. The Labute approximate surface area is 118 Å². The fourth-order valence-electron chi connectivity index (χ4n) is 3.65. The van der Waals surface area contributed by atoms with E-state index in [0.717, 1.165) is 30.7 Å². The number of hydrogen-bond donors (Lipinski definition) is 2. The number of nitrogens with zero attached hydrogens (tertiary/aromatic N) is 2. The van der Waals surface area contributed by atoms with Crippen LogP contribution in [0.4, 0.5) is 11.5 Å². The quantitative estimate of drug-likeness (QED) is 0.866. The summed E-state index contributed by atoms with van der Waals surface area (Å²) in [5.41, 5.74) is 6.61. The van der Waals surface area contributed by atoms with Crippen LogP contribution in [0.2, 0.25) is 0 Å². The fourth-order valence-corrected chi connectivity index (χ4v) is 3.65. The number of carbonyl (C=O) groups is 1. The molecule has 2 unspecified atom stereocenters. The van der Waals surface area contributed by atoms with Gasteiger partial charge in [0.1, 0.15) is 0 Å². The Hall–Kier alpha value is -1.78. The second-order valence-corrected chi connectivity index (χ2v) is 5.98. The smallest absolute Gasteiger partial charge is 0.337 e. The highest BCUT2D eigenvalue weighted by atomic mass is 16.4. The van der Waals surface area contributed by atoms with Crippen LogP contribution in [0, 0.1) is 11.8 Å². The predicted molar refractivity (Wildman–Crippen MR) is 77.9 cm³/mol. The van der Waals surface area contributed by atoms with Crippen LogP contribution in [0.1, 0.15) is 42.5 Å². The van der Waals surface area contributed by atoms with E-state index in [4.69, 9.17) is 10.8 Å². The van der Waals surface area contributed by atoms with Crippen molar-refractivity contribution in [2.75, 3.05) is 23.7 Å². The van der Waals surface area contributed by atoms with Crippen molar-refractivity contribution in [2.45, 2.75) is 32.1 Å². The molecule has 0 bridgehead atoms. The van der Waals surface area contributed by atoms with E-state index < -0.39 is 5.97 Å². The Kier molecular flexibility index (Phi) is 3.51. The van der Waals surface area contributed by atoms with E-state index in [1.54, 1.807) is 0 Å². The largest absolute Gasteiger partial charge is 0.478 e. The topological polar surface area (TPSA) is 79.5 Å². The lowest BCUT2D eigenvalue weighted by molar-refractivity contribution is 0.0696. The van der Waals surface area contributed by atoms with E-state index in [9.17, 15) is 4.79 Å². The predicted octanol–water partition coefficient (Wildman–Crippen LogP) is 2.38. The Morgan fingerprint density at radius 3 is 2.75 bits per heavy atom. The highest BCUT2D eigenvalue weighted by molar-refractivity contribution is 5.89. The number of pyridine rings is 1. The SMILES string of the molecule is Nc1cc(C(=O)O)cnc1N1CCC2CCCCC2C1. The number of fused-ring (bicyclic) bond motifs is 1. The van der Waals surface area contributed by atoms with Gasteiger partial charge in [-0.15, -0.1) is 0 Å². The maximum absolute atomic E-state index is 10.9. The molecule has 108 valence electrons. The number of rotatable bonds is 2. The molecule has 1 saturated heterocycles. The Balaban J connectivity index is 1.78. The summed E-state index contributed by atoms with van der Waals surface area (Å²) in [7, 11) is 0. The van der Waals surface area contributed by atoms with Crippen molar-refractivity contribution in [3.05, 3.63) is 17.8 Å². The molecule has 20 heavy (non-hydrogen) atoms. The Morgan fingerprint density at radius 1 is 1.30 bits per heavy atom. The van der Waals surface area contributed by atoms with Crippen LogP contribution in [0.15, 0.2) is 12.3 Å². The maximum atomic E-state index is 10.9. The van der Waals surface area contributed by atoms with Gasteiger partial charge >= 0.3 is 5.97 Å². The lowest BCUT2D eigenvalue weighted by Gasteiger charge is -2.42. The number of aromatic nitrogens is 1. The van der Waals surface area contributed by atoms with Crippen LogP contribution in [0.5, 0.6) is 0 Å². The number of aromatic carboxylic acids is 1. The first kappa shape index (κ1) is 13.2. The van der Waals surface area contributed by atoms with Crippen molar-refractivity contribution in [3.63, 3.8) is 0 Å². The summed E-state index contributed by atoms with van der Waals surface area (Å²) in [6.45, 7) is 1.99. The molecule has 0 radical (unpaired) electrons. The maximum Gasteiger partial charge on any atom is 0.337 e. The third-order valence-electron chi connectivity index (χ3n) is 4.73. The molecule has 5 heteroatoms. The molecule has 0 spiro atoms. The van der Waals surface area contributed by atoms with E-state index in [1.165, 1.54) is 44.4 Å². The molecule has 2 heterocycles. The summed E-state index contributed by atoms with van der Waals surface area (Å²) in [6, 6.07) is 1.51. The van der Waals surface area contributed by atoms with Crippen LogP contribution in [-0.2, 0) is 0 Å². The monoisotopic (exact) mass is 275 g/mol. The van der Waals surface area contributed by atoms with Crippen LogP contribution in [0.3, 0.4) is 0 Å². The average Bonchev–Trinajstić information content (AvgIpc) is 2.46.